The molecular weight excluding hydrogens is 247 g/mol. The molecule has 3 heteroatoms. The Balaban J connectivity index is 2.26. The molecule has 0 N–H and O–H groups in total. The Morgan fingerprint density at radius 3 is 2.40 bits per heavy atom. The van der Waals surface area contributed by atoms with Crippen LogP contribution in [0.2, 0.25) is 10.0 Å². The van der Waals surface area contributed by atoms with Crippen LogP contribution in [-0.2, 0) is 0 Å². The van der Waals surface area contributed by atoms with E-state index in [2.05, 4.69) is 0 Å². The summed E-state index contributed by atoms with van der Waals surface area (Å²) in [5.41, 5.74) is 0. The maximum atomic E-state index is 6.06. The Morgan fingerprint density at radius 1 is 0.867 bits per heavy atom. The van der Waals surface area contributed by atoms with Crippen molar-refractivity contribution in [1.29, 1.82) is 0 Å². The van der Waals surface area contributed by atoms with Crippen LogP contribution >= 0.6 is 35.0 Å². The lowest BCUT2D eigenvalue weighted by atomic mass is 10.4. The van der Waals surface area contributed by atoms with Gasteiger partial charge < -0.3 is 0 Å². The number of benzene rings is 2. The van der Waals surface area contributed by atoms with E-state index in [4.69, 9.17) is 23.2 Å². The minimum Gasteiger partial charge on any atom is -0.0885 e. The first kappa shape index (κ1) is 10.9. The summed E-state index contributed by atoms with van der Waals surface area (Å²) in [6.45, 7) is 0. The van der Waals surface area contributed by atoms with E-state index >= 15 is 0 Å². The molecule has 0 saturated heterocycles. The van der Waals surface area contributed by atoms with Gasteiger partial charge in [-0.3, -0.25) is 0 Å². The monoisotopic (exact) mass is 254 g/mol. The molecule has 0 heterocycles. The fourth-order valence-corrected chi connectivity index (χ4v) is 2.59. The smallest absolute Gasteiger partial charge is 0.0545 e. The van der Waals surface area contributed by atoms with E-state index in [1.54, 1.807) is 11.8 Å². The first-order valence-corrected chi connectivity index (χ1v) is 6.01. The van der Waals surface area contributed by atoms with Gasteiger partial charge in [0.05, 0.1) is 5.02 Å². The summed E-state index contributed by atoms with van der Waals surface area (Å²) < 4.78 is 0. The maximum absolute atomic E-state index is 6.06. The third kappa shape index (κ3) is 2.91. The van der Waals surface area contributed by atoms with Gasteiger partial charge in [0.1, 0.15) is 0 Å². The van der Waals surface area contributed by atoms with Crippen molar-refractivity contribution in [3.63, 3.8) is 0 Å². The van der Waals surface area contributed by atoms with Crippen molar-refractivity contribution >= 4 is 35.0 Å². The van der Waals surface area contributed by atoms with Crippen molar-refractivity contribution in [1.82, 2.24) is 0 Å². The highest BCUT2D eigenvalue weighted by atomic mass is 35.5. The van der Waals surface area contributed by atoms with Crippen LogP contribution in [0, 0.1) is 0 Å². The molecule has 0 radical (unpaired) electrons. The number of rotatable bonds is 2. The number of halogens is 2. The zero-order valence-electron chi connectivity index (χ0n) is 7.78. The largest absolute Gasteiger partial charge is 0.0885 e. The van der Waals surface area contributed by atoms with Gasteiger partial charge in [-0.2, -0.15) is 0 Å². The fourth-order valence-electron chi connectivity index (χ4n) is 1.18. The van der Waals surface area contributed by atoms with E-state index in [9.17, 15) is 0 Å². The van der Waals surface area contributed by atoms with E-state index in [0.29, 0.717) is 0 Å². The van der Waals surface area contributed by atoms with Crippen LogP contribution in [0.3, 0.4) is 0 Å². The zero-order valence-corrected chi connectivity index (χ0v) is 10.1. The molecule has 2 rings (SSSR count). The maximum Gasteiger partial charge on any atom is 0.0545 e. The van der Waals surface area contributed by atoms with E-state index < -0.39 is 0 Å². The molecular formula is C12H8Cl2S. The van der Waals surface area contributed by atoms with Gasteiger partial charge >= 0.3 is 0 Å². The molecule has 2 aromatic rings. The van der Waals surface area contributed by atoms with Crippen molar-refractivity contribution in [3.8, 4) is 0 Å². The summed E-state index contributed by atoms with van der Waals surface area (Å²) in [4.78, 5) is 2.14. The van der Waals surface area contributed by atoms with Crippen molar-refractivity contribution in [2.75, 3.05) is 0 Å². The molecule has 0 saturated carbocycles. The highest BCUT2D eigenvalue weighted by molar-refractivity contribution is 7.99. The molecule has 0 spiro atoms. The minimum absolute atomic E-state index is 0.743. The van der Waals surface area contributed by atoms with Gasteiger partial charge in [-0.15, -0.1) is 0 Å². The molecule has 0 nitrogen and oxygen atoms in total. The molecule has 2 aromatic carbocycles. The predicted octanol–water partition coefficient (Wildman–Crippen LogP) is 5.14. The van der Waals surface area contributed by atoms with Gasteiger partial charge in [-0.05, 0) is 30.3 Å². The van der Waals surface area contributed by atoms with Gasteiger partial charge in [-0.1, -0.05) is 53.2 Å². The Kier molecular flexibility index (Phi) is 3.57. The van der Waals surface area contributed by atoms with Crippen LogP contribution in [-0.4, -0.2) is 0 Å². The van der Waals surface area contributed by atoms with E-state index in [0.717, 1.165) is 19.8 Å². The first-order valence-electron chi connectivity index (χ1n) is 4.43. The van der Waals surface area contributed by atoms with Crippen LogP contribution in [0.5, 0.6) is 0 Å². The lowest BCUT2D eigenvalue weighted by Crippen LogP contribution is -1.75. The molecule has 76 valence electrons. The molecule has 0 aliphatic carbocycles. The quantitative estimate of drug-likeness (QED) is 0.715. The van der Waals surface area contributed by atoms with Crippen LogP contribution in [0.4, 0.5) is 0 Å². The second-order valence-corrected chi connectivity index (χ2v) is 4.95. The highest BCUT2D eigenvalue weighted by Crippen LogP contribution is 2.33. The highest BCUT2D eigenvalue weighted by Gasteiger charge is 2.01. The molecule has 15 heavy (non-hydrogen) atoms. The third-order valence-electron chi connectivity index (χ3n) is 1.86. The van der Waals surface area contributed by atoms with Crippen molar-refractivity contribution in [3.05, 3.63) is 58.6 Å². The zero-order chi connectivity index (χ0) is 10.7. The summed E-state index contributed by atoms with van der Waals surface area (Å²) in [7, 11) is 0. The van der Waals surface area contributed by atoms with Crippen LogP contribution < -0.4 is 0 Å². The summed E-state index contributed by atoms with van der Waals surface area (Å²) in [5.74, 6) is 0. The van der Waals surface area contributed by atoms with Gasteiger partial charge in [0.15, 0.2) is 0 Å². The normalized spacial score (nSPS) is 10.3. The van der Waals surface area contributed by atoms with Crippen LogP contribution in [0.25, 0.3) is 0 Å². The van der Waals surface area contributed by atoms with E-state index in [1.165, 1.54) is 0 Å². The average Bonchev–Trinajstić information content (AvgIpc) is 2.22. The first-order chi connectivity index (χ1) is 7.25. The van der Waals surface area contributed by atoms with Crippen LogP contribution in [0.15, 0.2) is 58.3 Å². The molecule has 0 unspecified atom stereocenters. The van der Waals surface area contributed by atoms with Gasteiger partial charge in [-0.25, -0.2) is 0 Å². The van der Waals surface area contributed by atoms with E-state index in [-0.39, 0.29) is 0 Å². The summed E-state index contributed by atoms with van der Waals surface area (Å²) >= 11 is 13.6. The van der Waals surface area contributed by atoms with Crippen molar-refractivity contribution < 1.29 is 0 Å². The molecule has 0 aromatic heterocycles. The molecule has 0 amide bonds. The molecule has 0 aliphatic heterocycles. The second kappa shape index (κ2) is 4.93. The Labute approximate surface area is 103 Å². The Morgan fingerprint density at radius 2 is 1.67 bits per heavy atom. The molecule has 0 bridgehead atoms. The second-order valence-electron chi connectivity index (χ2n) is 2.99. The van der Waals surface area contributed by atoms with Gasteiger partial charge in [0.2, 0.25) is 0 Å². The van der Waals surface area contributed by atoms with Crippen LogP contribution in [0.1, 0.15) is 0 Å². The minimum atomic E-state index is 0.743. The summed E-state index contributed by atoms with van der Waals surface area (Å²) in [6, 6.07) is 15.5. The summed E-state index contributed by atoms with van der Waals surface area (Å²) in [6.07, 6.45) is 0. The summed E-state index contributed by atoms with van der Waals surface area (Å²) in [5, 5.41) is 1.51. The SMILES string of the molecule is Clc1cccc(Sc2ccccc2Cl)c1. The van der Waals surface area contributed by atoms with Crippen molar-refractivity contribution in [2.45, 2.75) is 9.79 Å². The lowest BCUT2D eigenvalue weighted by molar-refractivity contribution is 1.41. The average molecular weight is 255 g/mol. The Hall–Kier alpha value is -0.630. The number of hydrogen-bond donors (Lipinski definition) is 0. The topological polar surface area (TPSA) is 0 Å². The fraction of sp³-hybridized carbons (Fsp3) is 0. The predicted molar refractivity (Wildman–Crippen MR) is 67.0 cm³/mol. The Bertz CT molecular complexity index is 469. The standard InChI is InChI=1S/C12H8Cl2S/c13-9-4-3-5-10(8-9)15-12-7-2-1-6-11(12)14/h1-8H. The number of hydrogen-bond acceptors (Lipinski definition) is 1. The molecule has 0 fully saturated rings. The van der Waals surface area contributed by atoms with Gasteiger partial charge in [0.25, 0.3) is 0 Å². The lowest BCUT2D eigenvalue weighted by Gasteiger charge is -2.03. The van der Waals surface area contributed by atoms with E-state index in [1.807, 2.05) is 48.5 Å². The molecule has 0 atom stereocenters. The molecule has 0 aliphatic rings. The van der Waals surface area contributed by atoms with Gasteiger partial charge in [0, 0.05) is 14.8 Å². The third-order valence-corrected chi connectivity index (χ3v) is 3.60. The van der Waals surface area contributed by atoms with Crippen molar-refractivity contribution in [2.24, 2.45) is 0 Å².